The van der Waals surface area contributed by atoms with Gasteiger partial charge in [-0.1, -0.05) is 30.3 Å². The maximum atomic E-state index is 12.6. The molecule has 4 nitrogen and oxygen atoms in total. The lowest BCUT2D eigenvalue weighted by molar-refractivity contribution is 0.0964. The van der Waals surface area contributed by atoms with Gasteiger partial charge in [0.05, 0.1) is 30.3 Å². The Morgan fingerprint density at radius 3 is 2.50 bits per heavy atom. The zero-order valence-electron chi connectivity index (χ0n) is 13.5. The predicted molar refractivity (Wildman–Crippen MR) is 92.0 cm³/mol. The quantitative estimate of drug-likeness (QED) is 0.738. The Labute approximate surface area is 140 Å². The highest BCUT2D eigenvalue weighted by molar-refractivity contribution is 5.98. The second-order valence-corrected chi connectivity index (χ2v) is 6.05. The zero-order chi connectivity index (χ0) is 16.5. The zero-order valence-corrected chi connectivity index (χ0v) is 13.5. The number of ketones is 1. The van der Waals surface area contributed by atoms with Gasteiger partial charge >= 0.3 is 0 Å². The molecule has 4 rings (SSSR count). The summed E-state index contributed by atoms with van der Waals surface area (Å²) in [4.78, 5) is 12.6. The smallest absolute Gasteiger partial charge is 0.166 e. The molecule has 0 fully saturated rings. The van der Waals surface area contributed by atoms with Gasteiger partial charge in [0.15, 0.2) is 5.78 Å². The number of carbonyl (C=O) groups excluding carboxylic acids is 1. The topological polar surface area (TPSA) is 44.1 Å². The molecular formula is C20H18N2O2. The molecule has 0 amide bonds. The molecule has 0 radical (unpaired) electrons. The van der Waals surface area contributed by atoms with Crippen molar-refractivity contribution in [1.82, 2.24) is 9.78 Å². The third-order valence-corrected chi connectivity index (χ3v) is 4.63. The SMILES string of the molecule is COc1ccc([C@H]2CC(=O)c3cnn(-c4ccccc4)c3C2)cc1. The fourth-order valence-electron chi connectivity index (χ4n) is 3.35. The van der Waals surface area contributed by atoms with E-state index in [1.165, 1.54) is 0 Å². The number of aromatic nitrogens is 2. The highest BCUT2D eigenvalue weighted by atomic mass is 16.5. The van der Waals surface area contributed by atoms with Crippen LogP contribution in [0.1, 0.15) is 34.0 Å². The van der Waals surface area contributed by atoms with Gasteiger partial charge in [0.25, 0.3) is 0 Å². The summed E-state index contributed by atoms with van der Waals surface area (Å²) in [5.74, 6) is 1.17. The van der Waals surface area contributed by atoms with Crippen molar-refractivity contribution in [3.63, 3.8) is 0 Å². The Balaban J connectivity index is 1.70. The van der Waals surface area contributed by atoms with Crippen LogP contribution in [0.2, 0.25) is 0 Å². The number of nitrogens with zero attached hydrogens (tertiary/aromatic N) is 2. The van der Waals surface area contributed by atoms with Gasteiger partial charge in [-0.3, -0.25) is 4.79 Å². The Morgan fingerprint density at radius 2 is 1.79 bits per heavy atom. The van der Waals surface area contributed by atoms with E-state index < -0.39 is 0 Å². The molecule has 120 valence electrons. The van der Waals surface area contributed by atoms with Crippen LogP contribution in [0.15, 0.2) is 60.8 Å². The van der Waals surface area contributed by atoms with Gasteiger partial charge in [0, 0.05) is 6.42 Å². The van der Waals surface area contributed by atoms with Gasteiger partial charge in [0.2, 0.25) is 0 Å². The lowest BCUT2D eigenvalue weighted by atomic mass is 9.82. The molecule has 0 N–H and O–H groups in total. The summed E-state index contributed by atoms with van der Waals surface area (Å²) < 4.78 is 7.11. The Bertz CT molecular complexity index is 866. The summed E-state index contributed by atoms with van der Waals surface area (Å²) in [6.45, 7) is 0. The third-order valence-electron chi connectivity index (χ3n) is 4.63. The van der Waals surface area contributed by atoms with E-state index in [4.69, 9.17) is 4.74 Å². The lowest BCUT2D eigenvalue weighted by Crippen LogP contribution is -2.20. The van der Waals surface area contributed by atoms with Crippen LogP contribution < -0.4 is 4.74 Å². The molecule has 0 unspecified atom stereocenters. The average Bonchev–Trinajstić information content (AvgIpc) is 3.07. The number of para-hydroxylation sites is 1. The number of rotatable bonds is 3. The number of carbonyl (C=O) groups is 1. The van der Waals surface area contributed by atoms with Crippen LogP contribution in [0.5, 0.6) is 5.75 Å². The monoisotopic (exact) mass is 318 g/mol. The number of methoxy groups -OCH3 is 1. The van der Waals surface area contributed by atoms with Crippen molar-refractivity contribution in [2.24, 2.45) is 0 Å². The summed E-state index contributed by atoms with van der Waals surface area (Å²) in [6.07, 6.45) is 3.04. The summed E-state index contributed by atoms with van der Waals surface area (Å²) in [6, 6.07) is 17.9. The number of hydrogen-bond donors (Lipinski definition) is 0. The van der Waals surface area contributed by atoms with Crippen molar-refractivity contribution < 1.29 is 9.53 Å². The van der Waals surface area contributed by atoms with E-state index in [9.17, 15) is 4.79 Å². The molecule has 1 aromatic heterocycles. The third kappa shape index (κ3) is 2.50. The Kier molecular flexibility index (Phi) is 3.65. The second-order valence-electron chi connectivity index (χ2n) is 6.05. The van der Waals surface area contributed by atoms with Crippen LogP contribution in [0.25, 0.3) is 5.69 Å². The summed E-state index contributed by atoms with van der Waals surface area (Å²) >= 11 is 0. The molecule has 0 aliphatic heterocycles. The van der Waals surface area contributed by atoms with Gasteiger partial charge in [-0.25, -0.2) is 4.68 Å². The molecule has 1 heterocycles. The highest BCUT2D eigenvalue weighted by Crippen LogP contribution is 2.34. The fraction of sp³-hybridized carbons (Fsp3) is 0.200. The van der Waals surface area contributed by atoms with Gasteiger partial charge < -0.3 is 4.74 Å². The summed E-state index contributed by atoms with van der Waals surface area (Å²) in [7, 11) is 1.66. The van der Waals surface area contributed by atoms with Crippen LogP contribution >= 0.6 is 0 Å². The van der Waals surface area contributed by atoms with E-state index in [0.717, 1.165) is 34.7 Å². The fourth-order valence-corrected chi connectivity index (χ4v) is 3.35. The van der Waals surface area contributed by atoms with Crippen molar-refractivity contribution in [2.75, 3.05) is 7.11 Å². The van der Waals surface area contributed by atoms with E-state index in [2.05, 4.69) is 5.10 Å². The number of Topliss-reactive ketones (excluding diaryl/α,β-unsaturated/α-hetero) is 1. The van der Waals surface area contributed by atoms with Crippen LogP contribution in [0, 0.1) is 0 Å². The number of fused-ring (bicyclic) bond motifs is 1. The van der Waals surface area contributed by atoms with Gasteiger partial charge in [-0.15, -0.1) is 0 Å². The van der Waals surface area contributed by atoms with Crippen molar-refractivity contribution in [1.29, 1.82) is 0 Å². The first-order valence-electron chi connectivity index (χ1n) is 8.05. The van der Waals surface area contributed by atoms with Crippen molar-refractivity contribution in [2.45, 2.75) is 18.8 Å². The first-order valence-corrected chi connectivity index (χ1v) is 8.05. The minimum Gasteiger partial charge on any atom is -0.497 e. The molecule has 2 aromatic carbocycles. The molecule has 1 atom stereocenters. The van der Waals surface area contributed by atoms with Crippen molar-refractivity contribution in [3.05, 3.63) is 77.6 Å². The van der Waals surface area contributed by atoms with Crippen molar-refractivity contribution in [3.8, 4) is 11.4 Å². The molecule has 1 aliphatic carbocycles. The minimum absolute atomic E-state index is 0.166. The standard InChI is InChI=1S/C20H18N2O2/c1-24-17-9-7-14(8-10-17)15-11-19-18(20(23)12-15)13-21-22(19)16-5-3-2-4-6-16/h2-10,13,15H,11-12H2,1H3/t15-/m1/s1. The van der Waals surface area contributed by atoms with Crippen LogP contribution in [-0.4, -0.2) is 22.7 Å². The second kappa shape index (κ2) is 5.96. The molecule has 4 heteroatoms. The average molecular weight is 318 g/mol. The van der Waals surface area contributed by atoms with Crippen LogP contribution in [0.3, 0.4) is 0 Å². The maximum absolute atomic E-state index is 12.6. The molecule has 0 saturated carbocycles. The number of hydrogen-bond acceptors (Lipinski definition) is 3. The molecule has 1 aliphatic rings. The molecular weight excluding hydrogens is 300 g/mol. The maximum Gasteiger partial charge on any atom is 0.166 e. The van der Waals surface area contributed by atoms with Crippen molar-refractivity contribution >= 4 is 5.78 Å². The minimum atomic E-state index is 0.166. The normalized spacial score (nSPS) is 16.7. The number of ether oxygens (including phenoxy) is 1. The molecule has 24 heavy (non-hydrogen) atoms. The van der Waals surface area contributed by atoms with Gasteiger partial charge in [-0.05, 0) is 42.2 Å². The summed E-state index contributed by atoms with van der Waals surface area (Å²) in [5, 5.41) is 4.45. The molecule has 0 saturated heterocycles. The van der Waals surface area contributed by atoms with Crippen LogP contribution in [-0.2, 0) is 6.42 Å². The first kappa shape index (κ1) is 14.7. The van der Waals surface area contributed by atoms with E-state index in [1.54, 1.807) is 13.3 Å². The van der Waals surface area contributed by atoms with Crippen LogP contribution in [0.4, 0.5) is 0 Å². The van der Waals surface area contributed by atoms with E-state index in [1.807, 2.05) is 59.3 Å². The summed E-state index contributed by atoms with van der Waals surface area (Å²) in [5.41, 5.74) is 3.90. The molecule has 0 bridgehead atoms. The highest BCUT2D eigenvalue weighted by Gasteiger charge is 2.30. The first-order chi connectivity index (χ1) is 11.8. The molecule has 3 aromatic rings. The Hall–Kier alpha value is -2.88. The van der Waals surface area contributed by atoms with Gasteiger partial charge in [-0.2, -0.15) is 5.10 Å². The number of benzene rings is 2. The molecule has 0 spiro atoms. The van der Waals surface area contributed by atoms with E-state index >= 15 is 0 Å². The largest absolute Gasteiger partial charge is 0.497 e. The van der Waals surface area contributed by atoms with Gasteiger partial charge in [0.1, 0.15) is 5.75 Å². The van der Waals surface area contributed by atoms with E-state index in [0.29, 0.717) is 6.42 Å². The Morgan fingerprint density at radius 1 is 1.04 bits per heavy atom. The predicted octanol–water partition coefficient (Wildman–Crippen LogP) is 3.79. The lowest BCUT2D eigenvalue weighted by Gasteiger charge is -2.23. The van der Waals surface area contributed by atoms with E-state index in [-0.39, 0.29) is 11.7 Å².